The van der Waals surface area contributed by atoms with Gasteiger partial charge in [-0.2, -0.15) is 0 Å². The molecule has 0 aromatic heterocycles. The average molecular weight is 241 g/mol. The van der Waals surface area contributed by atoms with Gasteiger partial charge in [-0.3, -0.25) is 4.79 Å². The second kappa shape index (κ2) is 4.55. The number of hydrogen-bond donors (Lipinski definition) is 1. The van der Waals surface area contributed by atoms with Gasteiger partial charge < -0.3 is 14.7 Å². The zero-order chi connectivity index (χ0) is 12.6. The molecule has 2 rings (SSSR count). The van der Waals surface area contributed by atoms with Gasteiger partial charge in [0.1, 0.15) is 0 Å². The Morgan fingerprint density at radius 3 is 2.65 bits per heavy atom. The van der Waals surface area contributed by atoms with E-state index in [-0.39, 0.29) is 18.2 Å². The standard InChI is InChI=1S/C12H19NO4/c1-7(2)6-17-12(16)13-8-3-4-10(13)9(5-8)11(14)15/h7-10H,3-6H2,1-2H3,(H,14,15). The third-order valence-corrected chi connectivity index (χ3v) is 3.60. The monoisotopic (exact) mass is 241 g/mol. The SMILES string of the molecule is CC(C)COC(=O)N1C2CCC1C(C(=O)O)C2. The fraction of sp³-hybridized carbons (Fsp3) is 0.833. The lowest BCUT2D eigenvalue weighted by Gasteiger charge is -2.22. The first-order valence-electron chi connectivity index (χ1n) is 6.18. The molecule has 0 aromatic rings. The van der Waals surface area contributed by atoms with E-state index in [1.54, 1.807) is 4.90 Å². The molecule has 2 saturated heterocycles. The number of ether oxygens (including phenoxy) is 1. The third kappa shape index (κ3) is 2.23. The zero-order valence-corrected chi connectivity index (χ0v) is 10.3. The molecule has 2 aliphatic heterocycles. The van der Waals surface area contributed by atoms with Gasteiger partial charge in [0.05, 0.1) is 12.5 Å². The van der Waals surface area contributed by atoms with Crippen LogP contribution in [0.25, 0.3) is 0 Å². The minimum Gasteiger partial charge on any atom is -0.481 e. The Hall–Kier alpha value is -1.26. The van der Waals surface area contributed by atoms with Gasteiger partial charge in [0.2, 0.25) is 0 Å². The highest BCUT2D eigenvalue weighted by Crippen LogP contribution is 2.42. The number of carbonyl (C=O) groups excluding carboxylic acids is 1. The van der Waals surface area contributed by atoms with Crippen molar-refractivity contribution in [3.63, 3.8) is 0 Å². The van der Waals surface area contributed by atoms with Crippen LogP contribution >= 0.6 is 0 Å². The molecule has 3 unspecified atom stereocenters. The Balaban J connectivity index is 1.98. The predicted octanol–water partition coefficient (Wildman–Crippen LogP) is 1.72. The molecule has 1 N–H and O–H groups in total. The van der Waals surface area contributed by atoms with Crippen LogP contribution in [-0.4, -0.2) is 40.8 Å². The molecule has 5 heteroatoms. The number of fused-ring (bicyclic) bond motifs is 2. The summed E-state index contributed by atoms with van der Waals surface area (Å²) < 4.78 is 5.19. The van der Waals surface area contributed by atoms with Gasteiger partial charge in [0.15, 0.2) is 0 Å². The van der Waals surface area contributed by atoms with Gasteiger partial charge in [0.25, 0.3) is 0 Å². The van der Waals surface area contributed by atoms with Crippen molar-refractivity contribution in [1.82, 2.24) is 4.90 Å². The molecule has 2 aliphatic rings. The molecule has 0 saturated carbocycles. The van der Waals surface area contributed by atoms with E-state index < -0.39 is 11.9 Å². The highest BCUT2D eigenvalue weighted by atomic mass is 16.6. The zero-order valence-electron chi connectivity index (χ0n) is 10.3. The molecule has 0 spiro atoms. The Bertz CT molecular complexity index is 328. The lowest BCUT2D eigenvalue weighted by Crippen LogP contribution is -2.38. The van der Waals surface area contributed by atoms with E-state index in [0.717, 1.165) is 12.8 Å². The summed E-state index contributed by atoms with van der Waals surface area (Å²) in [5.74, 6) is -0.895. The first kappa shape index (κ1) is 12.2. The van der Waals surface area contributed by atoms with Gasteiger partial charge in [0, 0.05) is 12.1 Å². The molecule has 2 heterocycles. The van der Waals surface area contributed by atoms with E-state index in [2.05, 4.69) is 0 Å². The average Bonchev–Trinajstić information content (AvgIpc) is 2.82. The maximum Gasteiger partial charge on any atom is 0.410 e. The van der Waals surface area contributed by atoms with Crippen molar-refractivity contribution in [2.75, 3.05) is 6.61 Å². The van der Waals surface area contributed by atoms with Gasteiger partial charge >= 0.3 is 12.1 Å². The topological polar surface area (TPSA) is 66.8 Å². The number of aliphatic carboxylic acids is 1. The number of carboxylic acid groups (broad SMARTS) is 1. The lowest BCUT2D eigenvalue weighted by atomic mass is 9.89. The minimum absolute atomic E-state index is 0.0702. The Morgan fingerprint density at radius 1 is 1.41 bits per heavy atom. The summed E-state index contributed by atoms with van der Waals surface area (Å²) in [6.07, 6.45) is 1.94. The quantitative estimate of drug-likeness (QED) is 0.817. The molecule has 0 radical (unpaired) electrons. The largest absolute Gasteiger partial charge is 0.481 e. The van der Waals surface area contributed by atoms with Crippen LogP contribution in [0.3, 0.4) is 0 Å². The van der Waals surface area contributed by atoms with Crippen molar-refractivity contribution < 1.29 is 19.4 Å². The van der Waals surface area contributed by atoms with E-state index in [0.29, 0.717) is 18.9 Å². The van der Waals surface area contributed by atoms with Crippen LogP contribution in [0.15, 0.2) is 0 Å². The summed E-state index contributed by atoms with van der Waals surface area (Å²) in [6.45, 7) is 4.35. The van der Waals surface area contributed by atoms with E-state index in [1.807, 2.05) is 13.8 Å². The van der Waals surface area contributed by atoms with E-state index in [4.69, 9.17) is 9.84 Å². The fourth-order valence-corrected chi connectivity index (χ4v) is 2.85. The summed E-state index contributed by atoms with van der Waals surface area (Å²) in [5, 5.41) is 9.07. The Labute approximate surface area is 101 Å². The van der Waals surface area contributed by atoms with Crippen molar-refractivity contribution in [1.29, 1.82) is 0 Å². The number of carboxylic acids is 1. The molecule has 2 bridgehead atoms. The molecular formula is C12H19NO4. The molecule has 3 atom stereocenters. The number of amides is 1. The normalized spacial score (nSPS) is 31.0. The molecule has 17 heavy (non-hydrogen) atoms. The van der Waals surface area contributed by atoms with Crippen molar-refractivity contribution >= 4 is 12.1 Å². The lowest BCUT2D eigenvalue weighted by molar-refractivity contribution is -0.142. The maximum atomic E-state index is 11.9. The first-order chi connectivity index (χ1) is 8.00. The summed E-state index contributed by atoms with van der Waals surface area (Å²) in [4.78, 5) is 24.6. The summed E-state index contributed by atoms with van der Waals surface area (Å²) >= 11 is 0. The number of rotatable bonds is 3. The van der Waals surface area contributed by atoms with E-state index >= 15 is 0 Å². The summed E-state index contributed by atoms with van der Waals surface area (Å²) in [6, 6.07) is -0.0853. The molecular weight excluding hydrogens is 222 g/mol. The van der Waals surface area contributed by atoms with E-state index in [9.17, 15) is 9.59 Å². The predicted molar refractivity (Wildman–Crippen MR) is 60.6 cm³/mol. The number of hydrogen-bond acceptors (Lipinski definition) is 3. The highest BCUT2D eigenvalue weighted by molar-refractivity contribution is 5.76. The van der Waals surface area contributed by atoms with Crippen LogP contribution in [-0.2, 0) is 9.53 Å². The van der Waals surface area contributed by atoms with Crippen LogP contribution in [0.2, 0.25) is 0 Å². The highest BCUT2D eigenvalue weighted by Gasteiger charge is 2.52. The summed E-state index contributed by atoms with van der Waals surface area (Å²) in [7, 11) is 0. The number of nitrogens with zero attached hydrogens (tertiary/aromatic N) is 1. The first-order valence-corrected chi connectivity index (χ1v) is 6.18. The van der Waals surface area contributed by atoms with Crippen LogP contribution in [0.5, 0.6) is 0 Å². The molecule has 96 valence electrons. The van der Waals surface area contributed by atoms with Gasteiger partial charge in [-0.15, -0.1) is 0 Å². The molecule has 0 aliphatic carbocycles. The smallest absolute Gasteiger partial charge is 0.410 e. The Morgan fingerprint density at radius 2 is 2.12 bits per heavy atom. The van der Waals surface area contributed by atoms with Crippen molar-refractivity contribution in [3.05, 3.63) is 0 Å². The van der Waals surface area contributed by atoms with Crippen molar-refractivity contribution in [2.45, 2.75) is 45.2 Å². The molecule has 1 amide bonds. The van der Waals surface area contributed by atoms with Crippen LogP contribution in [0.4, 0.5) is 4.79 Å². The second-order valence-corrected chi connectivity index (χ2v) is 5.36. The van der Waals surface area contributed by atoms with Crippen molar-refractivity contribution in [3.8, 4) is 0 Å². The van der Waals surface area contributed by atoms with Crippen molar-refractivity contribution in [2.24, 2.45) is 11.8 Å². The molecule has 5 nitrogen and oxygen atoms in total. The van der Waals surface area contributed by atoms with Gasteiger partial charge in [-0.05, 0) is 25.2 Å². The second-order valence-electron chi connectivity index (χ2n) is 5.36. The summed E-state index contributed by atoms with van der Waals surface area (Å²) in [5.41, 5.74) is 0. The minimum atomic E-state index is -0.793. The molecule has 0 aromatic carbocycles. The van der Waals surface area contributed by atoms with Crippen LogP contribution in [0, 0.1) is 11.8 Å². The van der Waals surface area contributed by atoms with Gasteiger partial charge in [-0.1, -0.05) is 13.8 Å². The molecule has 2 fully saturated rings. The third-order valence-electron chi connectivity index (χ3n) is 3.60. The van der Waals surface area contributed by atoms with E-state index in [1.165, 1.54) is 0 Å². The van der Waals surface area contributed by atoms with Gasteiger partial charge in [-0.25, -0.2) is 4.79 Å². The maximum absolute atomic E-state index is 11.9. The van der Waals surface area contributed by atoms with Crippen LogP contribution in [0.1, 0.15) is 33.1 Å². The Kier molecular flexibility index (Phi) is 3.26. The number of carbonyl (C=O) groups is 2. The fourth-order valence-electron chi connectivity index (χ4n) is 2.85. The van der Waals surface area contributed by atoms with Crippen LogP contribution < -0.4 is 0 Å².